The average Bonchev–Trinajstić information content (AvgIpc) is 3.35. The van der Waals surface area contributed by atoms with Gasteiger partial charge in [-0.15, -0.1) is 0 Å². The molecule has 1 saturated heterocycles. The van der Waals surface area contributed by atoms with Gasteiger partial charge in [-0.2, -0.15) is 5.10 Å². The Morgan fingerprint density at radius 2 is 2.06 bits per heavy atom. The number of aliphatic hydroxyl groups is 1. The molecule has 0 bridgehead atoms. The Labute approximate surface area is 196 Å². The molecule has 2 heterocycles. The Balaban J connectivity index is 1.68. The van der Waals surface area contributed by atoms with Gasteiger partial charge in [0.25, 0.3) is 0 Å². The van der Waals surface area contributed by atoms with Crippen molar-refractivity contribution < 1.29 is 19.4 Å². The number of ether oxygens (including phenoxy) is 2. The lowest BCUT2D eigenvalue weighted by Crippen LogP contribution is -2.36. The summed E-state index contributed by atoms with van der Waals surface area (Å²) in [5, 5.41) is 18.4. The molecule has 2 aromatic rings. The number of carbonyl (C=O) groups excluding carboxylic acids is 1. The zero-order valence-electron chi connectivity index (χ0n) is 20.7. The number of likely N-dealkylation sites (tertiary alicyclic amines) is 1. The third-order valence-corrected chi connectivity index (χ3v) is 5.83. The van der Waals surface area contributed by atoms with Crippen LogP contribution in [0.1, 0.15) is 56.6 Å². The summed E-state index contributed by atoms with van der Waals surface area (Å²) < 4.78 is 12.6. The Morgan fingerprint density at radius 1 is 1.30 bits per heavy atom. The lowest BCUT2D eigenvalue weighted by atomic mass is 10.0. The minimum absolute atomic E-state index is 0.104. The maximum Gasteiger partial charge on any atom is 0.410 e. The largest absolute Gasteiger partial charge is 0.444 e. The molecule has 1 aromatic heterocycles. The third-order valence-electron chi connectivity index (χ3n) is 5.83. The van der Waals surface area contributed by atoms with Crippen LogP contribution in [-0.2, 0) is 9.47 Å². The Hall–Kier alpha value is -2.42. The maximum absolute atomic E-state index is 12.4. The van der Waals surface area contributed by atoms with Gasteiger partial charge < -0.3 is 24.8 Å². The van der Waals surface area contributed by atoms with Crippen molar-refractivity contribution in [1.29, 1.82) is 0 Å². The van der Waals surface area contributed by atoms with Gasteiger partial charge in [0.15, 0.2) is 6.29 Å². The topological polar surface area (TPSA) is 88.9 Å². The number of aromatic nitrogens is 2. The number of rotatable bonds is 8. The highest BCUT2D eigenvalue weighted by molar-refractivity contribution is 5.68. The first-order valence-electron chi connectivity index (χ1n) is 11.6. The molecule has 1 aliphatic heterocycles. The maximum atomic E-state index is 12.4. The molecular formula is C25H38N4O4. The summed E-state index contributed by atoms with van der Waals surface area (Å²) in [5.74, 6) is 0.318. The number of nitrogens with zero attached hydrogens (tertiary/aromatic N) is 3. The molecule has 182 valence electrons. The molecule has 0 spiro atoms. The van der Waals surface area contributed by atoms with Crippen LogP contribution in [0.2, 0.25) is 0 Å². The second kappa shape index (κ2) is 10.7. The van der Waals surface area contributed by atoms with Crippen LogP contribution in [0.5, 0.6) is 0 Å². The van der Waals surface area contributed by atoms with Gasteiger partial charge in [-0.3, -0.25) is 0 Å². The van der Waals surface area contributed by atoms with Crippen molar-refractivity contribution >= 4 is 6.09 Å². The molecule has 3 unspecified atom stereocenters. The minimum Gasteiger partial charge on any atom is -0.444 e. The van der Waals surface area contributed by atoms with E-state index in [0.717, 1.165) is 35.6 Å². The predicted octanol–water partition coefficient (Wildman–Crippen LogP) is 3.73. The molecule has 8 nitrogen and oxygen atoms in total. The zero-order chi connectivity index (χ0) is 24.2. The number of methoxy groups -OCH3 is 1. The van der Waals surface area contributed by atoms with E-state index in [-0.39, 0.29) is 12.1 Å². The molecule has 2 N–H and O–H groups in total. The van der Waals surface area contributed by atoms with Crippen LogP contribution in [0.3, 0.4) is 0 Å². The van der Waals surface area contributed by atoms with E-state index >= 15 is 0 Å². The molecule has 0 aliphatic carbocycles. The van der Waals surface area contributed by atoms with Crippen molar-refractivity contribution in [2.45, 2.75) is 65.4 Å². The fourth-order valence-electron chi connectivity index (χ4n) is 4.20. The van der Waals surface area contributed by atoms with E-state index in [2.05, 4.69) is 22.5 Å². The molecule has 1 amide bonds. The van der Waals surface area contributed by atoms with Gasteiger partial charge in [0, 0.05) is 44.9 Å². The summed E-state index contributed by atoms with van der Waals surface area (Å²) in [6, 6.07) is 10.1. The molecule has 33 heavy (non-hydrogen) atoms. The minimum atomic E-state index is -0.873. The van der Waals surface area contributed by atoms with Gasteiger partial charge >= 0.3 is 6.09 Å². The Kier molecular flexibility index (Phi) is 8.15. The smallest absolute Gasteiger partial charge is 0.410 e. The summed E-state index contributed by atoms with van der Waals surface area (Å²) in [7, 11) is 1.50. The fraction of sp³-hybridized carbons (Fsp3) is 0.600. The molecule has 3 rings (SSSR count). The van der Waals surface area contributed by atoms with Crippen molar-refractivity contribution in [2.24, 2.45) is 5.92 Å². The second-order valence-electron chi connectivity index (χ2n) is 9.90. The van der Waals surface area contributed by atoms with Crippen LogP contribution in [0.15, 0.2) is 30.3 Å². The van der Waals surface area contributed by atoms with Crippen LogP contribution < -0.4 is 5.32 Å². The number of hydrogen-bond acceptors (Lipinski definition) is 6. The van der Waals surface area contributed by atoms with Crippen molar-refractivity contribution in [1.82, 2.24) is 20.0 Å². The first kappa shape index (κ1) is 25.2. The van der Waals surface area contributed by atoms with Crippen LogP contribution in [0, 0.1) is 19.8 Å². The second-order valence-corrected chi connectivity index (χ2v) is 9.90. The monoisotopic (exact) mass is 458 g/mol. The van der Waals surface area contributed by atoms with Gasteiger partial charge in [0.1, 0.15) is 5.60 Å². The first-order chi connectivity index (χ1) is 15.6. The van der Waals surface area contributed by atoms with Gasteiger partial charge in [0.05, 0.1) is 11.4 Å². The van der Waals surface area contributed by atoms with Crippen LogP contribution in [-0.4, -0.2) is 64.5 Å². The summed E-state index contributed by atoms with van der Waals surface area (Å²) in [6.07, 6.45) is 0.201. The van der Waals surface area contributed by atoms with Gasteiger partial charge in [-0.1, -0.05) is 12.1 Å². The third kappa shape index (κ3) is 7.03. The highest BCUT2D eigenvalue weighted by Crippen LogP contribution is 2.25. The highest BCUT2D eigenvalue weighted by atomic mass is 16.6. The molecular weight excluding hydrogens is 420 g/mol. The molecule has 1 fully saturated rings. The molecule has 0 saturated carbocycles. The van der Waals surface area contributed by atoms with Crippen molar-refractivity contribution in [3.05, 3.63) is 47.3 Å². The van der Waals surface area contributed by atoms with Crippen molar-refractivity contribution in [2.75, 3.05) is 26.7 Å². The van der Waals surface area contributed by atoms with E-state index < -0.39 is 11.9 Å². The number of aryl methyl sites for hydroxylation is 2. The van der Waals surface area contributed by atoms with Crippen molar-refractivity contribution in [3.8, 4) is 5.69 Å². The van der Waals surface area contributed by atoms with E-state index in [1.165, 1.54) is 7.11 Å². The number of benzene rings is 1. The zero-order valence-corrected chi connectivity index (χ0v) is 20.7. The Morgan fingerprint density at radius 3 is 2.70 bits per heavy atom. The lowest BCUT2D eigenvalue weighted by Gasteiger charge is -2.25. The van der Waals surface area contributed by atoms with Crippen LogP contribution in [0.4, 0.5) is 4.79 Å². The van der Waals surface area contributed by atoms with Gasteiger partial charge in [0.2, 0.25) is 0 Å². The fourth-order valence-corrected chi connectivity index (χ4v) is 4.20. The lowest BCUT2D eigenvalue weighted by molar-refractivity contribution is -0.0838. The first-order valence-corrected chi connectivity index (χ1v) is 11.6. The number of aliphatic hydroxyl groups excluding tert-OH is 1. The van der Waals surface area contributed by atoms with Crippen molar-refractivity contribution in [3.63, 3.8) is 0 Å². The SMILES string of the molecule is COC(O)CC(NCC1CCN(C(=O)OC(C)(C)C)C1)c1cccc(-n2nc(C)cc2C)c1. The van der Waals surface area contributed by atoms with E-state index in [0.29, 0.717) is 25.4 Å². The summed E-state index contributed by atoms with van der Waals surface area (Å²) >= 11 is 0. The number of amides is 1. The molecule has 0 radical (unpaired) electrons. The summed E-state index contributed by atoms with van der Waals surface area (Å²) in [6.45, 7) is 11.7. The van der Waals surface area contributed by atoms with Crippen LogP contribution >= 0.6 is 0 Å². The van der Waals surface area contributed by atoms with Gasteiger partial charge in [-0.25, -0.2) is 9.48 Å². The van der Waals surface area contributed by atoms with E-state index in [4.69, 9.17) is 9.47 Å². The molecule has 1 aromatic carbocycles. The van der Waals surface area contributed by atoms with E-state index in [1.54, 1.807) is 4.90 Å². The molecule has 3 atom stereocenters. The number of nitrogens with one attached hydrogen (secondary N) is 1. The molecule has 8 heteroatoms. The highest BCUT2D eigenvalue weighted by Gasteiger charge is 2.30. The molecule has 1 aliphatic rings. The van der Waals surface area contributed by atoms with Crippen LogP contribution in [0.25, 0.3) is 5.69 Å². The van der Waals surface area contributed by atoms with Gasteiger partial charge in [-0.05, 0) is 70.7 Å². The predicted molar refractivity (Wildman–Crippen MR) is 127 cm³/mol. The summed E-state index contributed by atoms with van der Waals surface area (Å²) in [4.78, 5) is 14.2. The number of carbonyl (C=O) groups is 1. The van der Waals surface area contributed by atoms with E-state index in [9.17, 15) is 9.90 Å². The summed E-state index contributed by atoms with van der Waals surface area (Å²) in [5.41, 5.74) is 3.58. The quantitative estimate of drug-likeness (QED) is 0.586. The standard InChI is InChI=1S/C25H38N4O4/c1-17-12-18(2)29(27-17)21-9-7-8-20(13-21)22(14-23(30)32-6)26-15-19-10-11-28(16-19)24(31)33-25(3,4)5/h7-9,12-13,19,22-23,26,30H,10-11,14-16H2,1-6H3. The average molecular weight is 459 g/mol. The number of hydrogen-bond donors (Lipinski definition) is 2. The normalized spacial score (nSPS) is 18.4. The Bertz CT molecular complexity index is 937. The van der Waals surface area contributed by atoms with E-state index in [1.807, 2.05) is 57.5 Å².